The van der Waals surface area contributed by atoms with E-state index in [9.17, 15) is 26.7 Å². The fraction of sp³-hybridized carbons (Fsp3) is 0.263. The van der Waals surface area contributed by atoms with Gasteiger partial charge in [0.2, 0.25) is 0 Å². The van der Waals surface area contributed by atoms with E-state index in [1.165, 1.54) is 38.6 Å². The van der Waals surface area contributed by atoms with E-state index in [0.717, 1.165) is 19.1 Å². The molecule has 0 radical (unpaired) electrons. The summed E-state index contributed by atoms with van der Waals surface area (Å²) in [5.41, 5.74) is -3.86. The molecule has 0 saturated carbocycles. The van der Waals surface area contributed by atoms with Gasteiger partial charge in [0.15, 0.2) is 0 Å². The summed E-state index contributed by atoms with van der Waals surface area (Å²) >= 11 is 0. The molecule has 144 valence electrons. The monoisotopic (exact) mass is 385 g/mol. The molecule has 1 heterocycles. The highest BCUT2D eigenvalue weighted by molar-refractivity contribution is 6.04. The third kappa shape index (κ3) is 3.75. The molecule has 2 rings (SSSR count). The van der Waals surface area contributed by atoms with Gasteiger partial charge in [-0.15, -0.1) is 0 Å². The van der Waals surface area contributed by atoms with Gasteiger partial charge in [0.1, 0.15) is 11.3 Å². The fourth-order valence-electron chi connectivity index (χ4n) is 2.62. The molecule has 8 heteroatoms. The van der Waals surface area contributed by atoms with Gasteiger partial charge in [0, 0.05) is 30.1 Å². The lowest BCUT2D eigenvalue weighted by molar-refractivity contribution is -0.138. The first-order valence-electron chi connectivity index (χ1n) is 7.85. The Hall–Kier alpha value is -2.61. The molecule has 0 unspecified atom stereocenters. The van der Waals surface area contributed by atoms with E-state index in [-0.39, 0.29) is 0 Å². The fourth-order valence-corrected chi connectivity index (χ4v) is 2.62. The molecule has 0 aliphatic rings. The minimum absolute atomic E-state index is 0.302. The molecule has 0 N–H and O–H groups in total. The van der Waals surface area contributed by atoms with Crippen LogP contribution in [0.5, 0.6) is 0 Å². The third-order valence-corrected chi connectivity index (χ3v) is 4.27. The number of pyridine rings is 1. The van der Waals surface area contributed by atoms with Crippen LogP contribution in [0.2, 0.25) is 0 Å². The number of carbonyl (C=O) groups excluding carboxylic acids is 1. The lowest BCUT2D eigenvalue weighted by Gasteiger charge is -2.29. The smallest absolute Gasteiger partial charge is 0.264 e. The zero-order valence-corrected chi connectivity index (χ0v) is 14.9. The summed E-state index contributed by atoms with van der Waals surface area (Å²) in [6, 6.07) is 5.18. The summed E-state index contributed by atoms with van der Waals surface area (Å²) in [5.74, 6) is -4.92. The van der Waals surface area contributed by atoms with E-state index in [1.807, 2.05) is 0 Å². The second kappa shape index (κ2) is 6.84. The van der Waals surface area contributed by atoms with Gasteiger partial charge in [-0.3, -0.25) is 4.98 Å². The van der Waals surface area contributed by atoms with E-state index < -0.39 is 44.8 Å². The van der Waals surface area contributed by atoms with Crippen molar-refractivity contribution in [1.29, 1.82) is 0 Å². The minimum Gasteiger partial charge on any atom is -0.264 e. The first-order chi connectivity index (χ1) is 12.3. The number of allylic oxidation sites excluding steroid dienone is 1. The molecule has 0 atom stereocenters. The summed E-state index contributed by atoms with van der Waals surface area (Å²) in [6.45, 7) is 4.16. The molecular formula is C19H18F5N2O+. The summed E-state index contributed by atoms with van der Waals surface area (Å²) in [7, 11) is 2.65. The van der Waals surface area contributed by atoms with E-state index in [2.05, 4.69) is 11.6 Å². The number of rotatable bonds is 4. The molecule has 1 aromatic heterocycles. The molecule has 0 saturated heterocycles. The van der Waals surface area contributed by atoms with Crippen molar-refractivity contribution in [3.8, 4) is 0 Å². The number of alkyl halides is 5. The standard InChI is InChI=1S/C19H18F5N2O/c1-12(2)18(20,21)14-6-5-7-15(19(22,23)24)16(14)17(27)26(3,4)13-8-10-25-11-9-13/h5-11H,1H2,2-4H3/q+1. The van der Waals surface area contributed by atoms with Crippen molar-refractivity contribution in [3.05, 3.63) is 71.6 Å². The number of benzene rings is 1. The number of hydrogen-bond acceptors (Lipinski definition) is 2. The first kappa shape index (κ1) is 20.7. The first-order valence-corrected chi connectivity index (χ1v) is 7.85. The molecule has 0 bridgehead atoms. The number of quaternary nitrogens is 1. The summed E-state index contributed by atoms with van der Waals surface area (Å²) in [5, 5.41) is 0. The van der Waals surface area contributed by atoms with Gasteiger partial charge in [-0.05, 0) is 18.6 Å². The van der Waals surface area contributed by atoms with E-state index in [4.69, 9.17) is 0 Å². The van der Waals surface area contributed by atoms with Crippen LogP contribution < -0.4 is 4.48 Å². The Labute approximate surface area is 153 Å². The zero-order chi connectivity index (χ0) is 20.6. The lowest BCUT2D eigenvalue weighted by atomic mass is 9.91. The Morgan fingerprint density at radius 3 is 2.00 bits per heavy atom. The number of aromatic nitrogens is 1. The van der Waals surface area contributed by atoms with Crippen LogP contribution in [0.3, 0.4) is 0 Å². The Morgan fingerprint density at radius 2 is 1.52 bits per heavy atom. The predicted octanol–water partition coefficient (Wildman–Crippen LogP) is 5.18. The summed E-state index contributed by atoms with van der Waals surface area (Å²) in [6.07, 6.45) is -2.26. The second-order valence-electron chi connectivity index (χ2n) is 6.54. The molecule has 1 amide bonds. The lowest BCUT2D eigenvalue weighted by Crippen LogP contribution is -2.48. The number of carbonyl (C=O) groups is 1. The third-order valence-electron chi connectivity index (χ3n) is 4.27. The molecule has 0 spiro atoms. The average molecular weight is 385 g/mol. The number of hydrogen-bond donors (Lipinski definition) is 0. The molecule has 0 fully saturated rings. The largest absolute Gasteiger partial charge is 0.417 e. The minimum atomic E-state index is -4.98. The van der Waals surface area contributed by atoms with Gasteiger partial charge in [0.25, 0.3) is 5.92 Å². The van der Waals surface area contributed by atoms with Gasteiger partial charge in [0.05, 0.1) is 19.7 Å². The van der Waals surface area contributed by atoms with Gasteiger partial charge in [-0.1, -0.05) is 18.7 Å². The van der Waals surface area contributed by atoms with Crippen molar-refractivity contribution in [3.63, 3.8) is 0 Å². The predicted molar refractivity (Wildman–Crippen MR) is 92.4 cm³/mol. The van der Waals surface area contributed by atoms with Gasteiger partial charge < -0.3 is 0 Å². The van der Waals surface area contributed by atoms with Crippen molar-refractivity contribution in [2.45, 2.75) is 19.0 Å². The van der Waals surface area contributed by atoms with Crippen LogP contribution in [0.4, 0.5) is 27.6 Å². The molecule has 27 heavy (non-hydrogen) atoms. The molecule has 3 nitrogen and oxygen atoms in total. The SMILES string of the molecule is C=C(C)C(F)(F)c1cccc(C(F)(F)F)c1C(=O)[N+](C)(C)c1ccncc1. The topological polar surface area (TPSA) is 30.0 Å². The maximum atomic E-state index is 14.6. The van der Waals surface area contributed by atoms with Crippen molar-refractivity contribution < 1.29 is 26.7 Å². The van der Waals surface area contributed by atoms with Crippen LogP contribution in [0, 0.1) is 0 Å². The molecular weight excluding hydrogens is 367 g/mol. The quantitative estimate of drug-likeness (QED) is 0.413. The Bertz CT molecular complexity index is 873. The van der Waals surface area contributed by atoms with E-state index >= 15 is 0 Å². The van der Waals surface area contributed by atoms with Crippen LogP contribution in [0.25, 0.3) is 0 Å². The van der Waals surface area contributed by atoms with Crippen LogP contribution in [0.1, 0.15) is 28.4 Å². The van der Waals surface area contributed by atoms with Crippen LogP contribution in [0.15, 0.2) is 54.9 Å². The van der Waals surface area contributed by atoms with Crippen LogP contribution in [-0.4, -0.2) is 25.0 Å². The van der Waals surface area contributed by atoms with Gasteiger partial charge in [-0.2, -0.15) is 22.0 Å². The number of halogens is 5. The highest BCUT2D eigenvalue weighted by atomic mass is 19.4. The van der Waals surface area contributed by atoms with Gasteiger partial charge >= 0.3 is 12.1 Å². The summed E-state index contributed by atoms with van der Waals surface area (Å²) < 4.78 is 69.1. The van der Waals surface area contributed by atoms with E-state index in [0.29, 0.717) is 11.8 Å². The van der Waals surface area contributed by atoms with Crippen LogP contribution >= 0.6 is 0 Å². The van der Waals surface area contributed by atoms with Crippen LogP contribution in [-0.2, 0) is 12.1 Å². The van der Waals surface area contributed by atoms with E-state index in [1.54, 1.807) is 0 Å². The Morgan fingerprint density at radius 1 is 1.00 bits per heavy atom. The molecule has 0 aliphatic carbocycles. The maximum Gasteiger partial charge on any atom is 0.417 e. The van der Waals surface area contributed by atoms with Gasteiger partial charge in [-0.25, -0.2) is 9.28 Å². The highest BCUT2D eigenvalue weighted by Crippen LogP contribution is 2.42. The number of nitrogens with zero attached hydrogens (tertiary/aromatic N) is 2. The van der Waals surface area contributed by atoms with Crippen molar-refractivity contribution in [2.24, 2.45) is 0 Å². The maximum absolute atomic E-state index is 14.6. The Kier molecular flexibility index (Phi) is 5.25. The van der Waals surface area contributed by atoms with Crippen molar-refractivity contribution >= 4 is 11.6 Å². The number of amides is 1. The van der Waals surface area contributed by atoms with Crippen molar-refractivity contribution in [2.75, 3.05) is 14.1 Å². The highest BCUT2D eigenvalue weighted by Gasteiger charge is 2.47. The molecule has 2 aromatic rings. The molecule has 1 aromatic carbocycles. The summed E-state index contributed by atoms with van der Waals surface area (Å²) in [4.78, 5) is 16.9. The Balaban J connectivity index is 2.81. The van der Waals surface area contributed by atoms with Crippen molar-refractivity contribution in [1.82, 2.24) is 9.47 Å². The second-order valence-corrected chi connectivity index (χ2v) is 6.54. The molecule has 0 aliphatic heterocycles. The average Bonchev–Trinajstić information content (AvgIpc) is 2.60. The normalized spacial score (nSPS) is 12.7. The zero-order valence-electron chi connectivity index (χ0n) is 14.9.